The lowest BCUT2D eigenvalue weighted by molar-refractivity contribution is -0.154. The molecule has 0 fully saturated rings. The van der Waals surface area contributed by atoms with Gasteiger partial charge in [-0.1, -0.05) is 17.7 Å². The van der Waals surface area contributed by atoms with Gasteiger partial charge >= 0.3 is 5.97 Å². The molecule has 80 valence electrons. The molecule has 1 atom stereocenters. The smallest absolute Gasteiger partial charge is 0.309 e. The monoisotopic (exact) mass is 208 g/mol. The molecule has 0 bridgehead atoms. The summed E-state index contributed by atoms with van der Waals surface area (Å²) in [6.45, 7) is 2.40. The first kappa shape index (κ1) is 9.98. The van der Waals surface area contributed by atoms with Gasteiger partial charge in [0.1, 0.15) is 12.2 Å². The first-order valence-electron chi connectivity index (χ1n) is 4.75. The summed E-state index contributed by atoms with van der Waals surface area (Å²) < 4.78 is 10.7. The highest BCUT2D eigenvalue weighted by molar-refractivity contribution is 5.67. The lowest BCUT2D eigenvalue weighted by atomic mass is 10.1. The zero-order valence-electron chi connectivity index (χ0n) is 8.40. The average Bonchev–Trinajstić information content (AvgIpc) is 2.17. The van der Waals surface area contributed by atoms with E-state index in [1.165, 1.54) is 0 Å². The number of aliphatic carboxylic acids is 1. The predicted molar refractivity (Wildman–Crippen MR) is 52.6 cm³/mol. The Balaban J connectivity index is 2.13. The Kier molecular flexibility index (Phi) is 2.60. The van der Waals surface area contributed by atoms with Crippen LogP contribution < -0.4 is 4.74 Å². The van der Waals surface area contributed by atoms with Crippen molar-refractivity contribution < 1.29 is 19.4 Å². The van der Waals surface area contributed by atoms with E-state index in [9.17, 15) is 4.79 Å². The van der Waals surface area contributed by atoms with Crippen molar-refractivity contribution in [2.45, 2.75) is 26.2 Å². The Morgan fingerprint density at radius 1 is 1.60 bits per heavy atom. The third-order valence-electron chi connectivity index (χ3n) is 2.24. The van der Waals surface area contributed by atoms with Gasteiger partial charge in [-0.25, -0.2) is 0 Å². The molecule has 1 unspecified atom stereocenters. The second kappa shape index (κ2) is 3.90. The molecule has 0 radical (unpaired) electrons. The quantitative estimate of drug-likeness (QED) is 0.803. The Morgan fingerprint density at radius 3 is 3.13 bits per heavy atom. The van der Waals surface area contributed by atoms with Crippen LogP contribution in [-0.2, 0) is 16.1 Å². The maximum Gasteiger partial charge on any atom is 0.309 e. The summed E-state index contributed by atoms with van der Waals surface area (Å²) in [5.74, 6) is -0.200. The van der Waals surface area contributed by atoms with Crippen LogP contribution in [0.5, 0.6) is 5.75 Å². The summed E-state index contributed by atoms with van der Waals surface area (Å²) in [4.78, 5) is 10.5. The molecule has 0 saturated carbocycles. The third kappa shape index (κ3) is 2.27. The van der Waals surface area contributed by atoms with Gasteiger partial charge in [0.15, 0.2) is 0 Å². The molecule has 1 aromatic carbocycles. The molecule has 1 aliphatic heterocycles. The molecular weight excluding hydrogens is 196 g/mol. The number of fused-ring (bicyclic) bond motifs is 1. The van der Waals surface area contributed by atoms with E-state index in [0.717, 1.165) is 16.9 Å². The number of carbonyl (C=O) groups is 1. The topological polar surface area (TPSA) is 55.8 Å². The Labute approximate surface area is 87.4 Å². The molecule has 0 aliphatic carbocycles. The van der Waals surface area contributed by atoms with Gasteiger partial charge < -0.3 is 14.6 Å². The fourth-order valence-corrected chi connectivity index (χ4v) is 1.54. The zero-order chi connectivity index (χ0) is 10.8. The Hall–Kier alpha value is -1.55. The van der Waals surface area contributed by atoms with E-state index in [-0.39, 0.29) is 6.42 Å². The van der Waals surface area contributed by atoms with Gasteiger partial charge in [-0.05, 0) is 13.0 Å². The lowest BCUT2D eigenvalue weighted by Crippen LogP contribution is -2.28. The molecule has 0 saturated heterocycles. The fourth-order valence-electron chi connectivity index (χ4n) is 1.54. The van der Waals surface area contributed by atoms with E-state index in [1.54, 1.807) is 0 Å². The SMILES string of the molecule is Cc1ccc2c(c1)COC(CC(=O)O)O2. The summed E-state index contributed by atoms with van der Waals surface area (Å²) in [5.41, 5.74) is 2.11. The van der Waals surface area contributed by atoms with E-state index in [2.05, 4.69) is 0 Å². The minimum Gasteiger partial charge on any atom is -0.481 e. The highest BCUT2D eigenvalue weighted by Gasteiger charge is 2.22. The third-order valence-corrected chi connectivity index (χ3v) is 2.24. The number of ether oxygens (including phenoxy) is 2. The first-order chi connectivity index (χ1) is 7.15. The van der Waals surface area contributed by atoms with Crippen molar-refractivity contribution in [1.82, 2.24) is 0 Å². The van der Waals surface area contributed by atoms with Crippen LogP contribution in [0.4, 0.5) is 0 Å². The van der Waals surface area contributed by atoms with Crippen molar-refractivity contribution in [3.05, 3.63) is 29.3 Å². The van der Waals surface area contributed by atoms with Crippen molar-refractivity contribution in [3.63, 3.8) is 0 Å². The minimum atomic E-state index is -0.921. The summed E-state index contributed by atoms with van der Waals surface area (Å²) in [5, 5.41) is 8.60. The number of carboxylic acids is 1. The van der Waals surface area contributed by atoms with E-state index in [1.807, 2.05) is 25.1 Å². The maximum atomic E-state index is 10.5. The van der Waals surface area contributed by atoms with Gasteiger partial charge in [0.25, 0.3) is 0 Å². The molecule has 1 aliphatic rings. The van der Waals surface area contributed by atoms with E-state index in [4.69, 9.17) is 14.6 Å². The minimum absolute atomic E-state index is 0.132. The summed E-state index contributed by atoms with van der Waals surface area (Å²) in [7, 11) is 0. The number of rotatable bonds is 2. The van der Waals surface area contributed by atoms with Crippen molar-refractivity contribution in [2.24, 2.45) is 0 Å². The normalized spacial score (nSPS) is 19.1. The molecule has 0 amide bonds. The van der Waals surface area contributed by atoms with Crippen LogP contribution in [0.15, 0.2) is 18.2 Å². The largest absolute Gasteiger partial charge is 0.481 e. The van der Waals surface area contributed by atoms with E-state index < -0.39 is 12.3 Å². The predicted octanol–water partition coefficient (Wildman–Crippen LogP) is 1.70. The summed E-state index contributed by atoms with van der Waals surface area (Å²) >= 11 is 0. The maximum absolute atomic E-state index is 10.5. The highest BCUT2D eigenvalue weighted by Crippen LogP contribution is 2.27. The zero-order valence-corrected chi connectivity index (χ0v) is 8.40. The van der Waals surface area contributed by atoms with E-state index in [0.29, 0.717) is 6.61 Å². The second-order valence-corrected chi connectivity index (χ2v) is 3.57. The molecule has 1 heterocycles. The highest BCUT2D eigenvalue weighted by atomic mass is 16.7. The van der Waals surface area contributed by atoms with Crippen LogP contribution in [0.1, 0.15) is 17.5 Å². The van der Waals surface area contributed by atoms with Crippen LogP contribution in [-0.4, -0.2) is 17.4 Å². The van der Waals surface area contributed by atoms with Crippen LogP contribution >= 0.6 is 0 Å². The molecule has 1 N–H and O–H groups in total. The van der Waals surface area contributed by atoms with Gasteiger partial charge in [-0.15, -0.1) is 0 Å². The van der Waals surface area contributed by atoms with Gasteiger partial charge in [-0.2, -0.15) is 0 Å². The lowest BCUT2D eigenvalue weighted by Gasteiger charge is -2.25. The van der Waals surface area contributed by atoms with Gasteiger partial charge in [0, 0.05) is 5.56 Å². The van der Waals surface area contributed by atoms with Crippen LogP contribution in [0.2, 0.25) is 0 Å². The van der Waals surface area contributed by atoms with Crippen molar-refractivity contribution in [3.8, 4) is 5.75 Å². The number of hydrogen-bond donors (Lipinski definition) is 1. The number of aryl methyl sites for hydroxylation is 1. The van der Waals surface area contributed by atoms with Crippen LogP contribution in [0, 0.1) is 6.92 Å². The van der Waals surface area contributed by atoms with Gasteiger partial charge in [-0.3, -0.25) is 4.79 Å². The fraction of sp³-hybridized carbons (Fsp3) is 0.364. The average molecular weight is 208 g/mol. The van der Waals surface area contributed by atoms with Gasteiger partial charge in [0.05, 0.1) is 6.61 Å². The second-order valence-electron chi connectivity index (χ2n) is 3.57. The van der Waals surface area contributed by atoms with Crippen molar-refractivity contribution >= 4 is 5.97 Å². The van der Waals surface area contributed by atoms with Crippen LogP contribution in [0.25, 0.3) is 0 Å². The first-order valence-corrected chi connectivity index (χ1v) is 4.75. The molecule has 1 aromatic rings. The molecule has 4 nitrogen and oxygen atoms in total. The summed E-state index contributed by atoms with van der Waals surface area (Å²) in [6, 6.07) is 5.76. The summed E-state index contributed by atoms with van der Waals surface area (Å²) in [6.07, 6.45) is -0.800. The Bertz CT molecular complexity index is 386. The standard InChI is InChI=1S/C11H12O4/c1-7-2-3-9-8(4-7)6-14-11(15-9)5-10(12)13/h2-4,11H,5-6H2,1H3,(H,12,13). The molecule has 0 spiro atoms. The van der Waals surface area contributed by atoms with Crippen molar-refractivity contribution in [1.29, 1.82) is 0 Å². The number of carboxylic acid groups (broad SMARTS) is 1. The molecule has 4 heteroatoms. The Morgan fingerprint density at radius 2 is 2.40 bits per heavy atom. The van der Waals surface area contributed by atoms with E-state index >= 15 is 0 Å². The molecular formula is C11H12O4. The number of hydrogen-bond acceptors (Lipinski definition) is 3. The van der Waals surface area contributed by atoms with Crippen molar-refractivity contribution in [2.75, 3.05) is 0 Å². The van der Waals surface area contributed by atoms with Gasteiger partial charge in [0.2, 0.25) is 6.29 Å². The molecule has 2 rings (SSSR count). The number of benzene rings is 1. The molecule has 0 aromatic heterocycles. The molecule has 15 heavy (non-hydrogen) atoms. The van der Waals surface area contributed by atoms with Crippen LogP contribution in [0.3, 0.4) is 0 Å².